The topological polar surface area (TPSA) is 115 Å². The number of amides is 2. The molecule has 0 saturated carbocycles. The van der Waals surface area contributed by atoms with E-state index >= 15 is 0 Å². The minimum absolute atomic E-state index is 0.227. The van der Waals surface area contributed by atoms with Crippen LogP contribution in [0.3, 0.4) is 0 Å². The quantitative estimate of drug-likeness (QED) is 0.446. The van der Waals surface area contributed by atoms with E-state index in [0.29, 0.717) is 0 Å². The Balaban J connectivity index is 2.63. The van der Waals surface area contributed by atoms with Gasteiger partial charge in [0.1, 0.15) is 6.29 Å². The van der Waals surface area contributed by atoms with E-state index in [4.69, 9.17) is 11.5 Å². The molecule has 1 aromatic rings. The first kappa shape index (κ1) is 13.9. The van der Waals surface area contributed by atoms with Gasteiger partial charge in [-0.2, -0.15) is 0 Å². The number of carbonyl (C=O) groups excluding carboxylic acids is 3. The van der Waals surface area contributed by atoms with Crippen LogP contribution in [0.4, 0.5) is 0 Å². The Bertz CT molecular complexity index is 447. The molecule has 0 aliphatic rings. The summed E-state index contributed by atoms with van der Waals surface area (Å²) < 4.78 is 0. The van der Waals surface area contributed by atoms with Crippen molar-refractivity contribution < 1.29 is 14.4 Å². The Hall–Kier alpha value is -2.21. The third kappa shape index (κ3) is 3.67. The number of aldehydes is 1. The first-order valence-electron chi connectivity index (χ1n) is 5.33. The van der Waals surface area contributed by atoms with E-state index in [0.717, 1.165) is 5.56 Å². The normalized spacial score (nSPS) is 13.4. The van der Waals surface area contributed by atoms with Gasteiger partial charge in [0.2, 0.25) is 11.8 Å². The van der Waals surface area contributed by atoms with Crippen molar-refractivity contribution in [1.82, 2.24) is 5.32 Å². The molecule has 0 spiro atoms. The maximum absolute atomic E-state index is 11.7. The third-order valence-electron chi connectivity index (χ3n) is 2.40. The molecular formula is C12H15N3O3. The Kier molecular flexibility index (Phi) is 4.56. The lowest BCUT2D eigenvalue weighted by Gasteiger charge is -2.20. The van der Waals surface area contributed by atoms with Crippen molar-refractivity contribution >= 4 is 18.1 Å². The second-order valence-corrected chi connectivity index (χ2v) is 3.97. The zero-order valence-electron chi connectivity index (χ0n) is 9.76. The van der Waals surface area contributed by atoms with Gasteiger partial charge in [-0.05, 0) is 5.56 Å². The molecule has 1 aromatic carbocycles. The van der Waals surface area contributed by atoms with Crippen LogP contribution >= 0.6 is 0 Å². The number of nitrogens with one attached hydrogen (secondary N) is 1. The molecular weight excluding hydrogens is 234 g/mol. The Morgan fingerprint density at radius 3 is 2.39 bits per heavy atom. The molecule has 0 aliphatic heterocycles. The molecule has 0 saturated heterocycles. The molecule has 5 N–H and O–H groups in total. The van der Waals surface area contributed by atoms with Crippen LogP contribution in [0.5, 0.6) is 0 Å². The molecule has 0 aliphatic carbocycles. The summed E-state index contributed by atoms with van der Waals surface area (Å²) >= 11 is 0. The van der Waals surface area contributed by atoms with E-state index in [1.165, 1.54) is 0 Å². The fraction of sp³-hybridized carbons (Fsp3) is 0.250. The van der Waals surface area contributed by atoms with E-state index < -0.39 is 23.8 Å². The van der Waals surface area contributed by atoms with Crippen molar-refractivity contribution in [2.24, 2.45) is 11.5 Å². The summed E-state index contributed by atoms with van der Waals surface area (Å²) in [5.41, 5.74) is 9.42. The van der Waals surface area contributed by atoms with Crippen LogP contribution in [-0.4, -0.2) is 23.6 Å². The molecule has 0 unspecified atom stereocenters. The molecule has 1 rings (SSSR count). The summed E-state index contributed by atoms with van der Waals surface area (Å²) in [6, 6.07) is 9.11. The maximum atomic E-state index is 11.7. The number of benzene rings is 1. The van der Waals surface area contributed by atoms with Crippen molar-refractivity contribution in [1.29, 1.82) is 0 Å². The highest BCUT2D eigenvalue weighted by Gasteiger charge is 2.35. The van der Waals surface area contributed by atoms with Gasteiger partial charge in [-0.25, -0.2) is 0 Å². The number of primary amides is 1. The molecule has 0 aromatic heterocycles. The van der Waals surface area contributed by atoms with Crippen LogP contribution in [0.1, 0.15) is 12.0 Å². The fourth-order valence-corrected chi connectivity index (χ4v) is 1.41. The summed E-state index contributed by atoms with van der Waals surface area (Å²) in [5, 5.41) is 2.49. The smallest absolute Gasteiger partial charge is 0.248 e. The molecule has 1 atom stereocenters. The van der Waals surface area contributed by atoms with E-state index in [9.17, 15) is 14.4 Å². The van der Waals surface area contributed by atoms with Crippen LogP contribution in [0, 0.1) is 0 Å². The minimum Gasteiger partial charge on any atom is -0.370 e. The predicted octanol–water partition coefficient (Wildman–Crippen LogP) is -0.925. The molecule has 6 nitrogen and oxygen atoms in total. The Morgan fingerprint density at radius 2 is 1.89 bits per heavy atom. The van der Waals surface area contributed by atoms with Crippen LogP contribution in [-0.2, 0) is 20.9 Å². The lowest BCUT2D eigenvalue weighted by Crippen LogP contribution is -2.57. The molecule has 18 heavy (non-hydrogen) atoms. The summed E-state index contributed by atoms with van der Waals surface area (Å²) in [6.07, 6.45) is -0.283. The molecule has 0 fully saturated rings. The van der Waals surface area contributed by atoms with Crippen LogP contribution < -0.4 is 16.8 Å². The van der Waals surface area contributed by atoms with Crippen molar-refractivity contribution in [3.8, 4) is 0 Å². The van der Waals surface area contributed by atoms with E-state index in [1.54, 1.807) is 0 Å². The molecule has 0 bridgehead atoms. The van der Waals surface area contributed by atoms with Gasteiger partial charge in [0.15, 0.2) is 5.54 Å². The average molecular weight is 249 g/mol. The van der Waals surface area contributed by atoms with Crippen molar-refractivity contribution in [3.05, 3.63) is 35.9 Å². The summed E-state index contributed by atoms with van der Waals surface area (Å²) in [4.78, 5) is 33.3. The number of carbonyl (C=O) groups is 3. The van der Waals surface area contributed by atoms with Crippen molar-refractivity contribution in [3.63, 3.8) is 0 Å². The highest BCUT2D eigenvalue weighted by molar-refractivity contribution is 6.04. The predicted molar refractivity (Wildman–Crippen MR) is 65.1 cm³/mol. The average Bonchev–Trinajstić information content (AvgIpc) is 2.36. The third-order valence-corrected chi connectivity index (χ3v) is 2.40. The highest BCUT2D eigenvalue weighted by Crippen LogP contribution is 2.04. The number of rotatable bonds is 6. The fourth-order valence-electron chi connectivity index (χ4n) is 1.41. The molecule has 0 radical (unpaired) electrons. The lowest BCUT2D eigenvalue weighted by molar-refractivity contribution is -0.134. The van der Waals surface area contributed by atoms with Crippen molar-refractivity contribution in [2.75, 3.05) is 0 Å². The summed E-state index contributed by atoms with van der Waals surface area (Å²) in [5.74, 6) is -1.53. The largest absolute Gasteiger partial charge is 0.370 e. The van der Waals surface area contributed by atoms with Gasteiger partial charge < -0.3 is 21.6 Å². The number of hydrogen-bond donors (Lipinski definition) is 3. The van der Waals surface area contributed by atoms with Crippen LogP contribution in [0.15, 0.2) is 30.3 Å². The standard InChI is InChI=1S/C12H15N3O3/c13-10(17)6-12(14,8-16)11(18)15-7-9-4-2-1-3-5-9/h1-5,8H,6-7,14H2,(H2,13,17)(H,15,18)/t12-/m1/s1. The molecule has 6 heteroatoms. The monoisotopic (exact) mass is 249 g/mol. The second kappa shape index (κ2) is 5.92. The van der Waals surface area contributed by atoms with Gasteiger partial charge in [-0.3, -0.25) is 9.59 Å². The van der Waals surface area contributed by atoms with Crippen LogP contribution in [0.2, 0.25) is 0 Å². The Labute approximate surface area is 104 Å². The zero-order chi connectivity index (χ0) is 13.6. The van der Waals surface area contributed by atoms with Crippen molar-refractivity contribution in [2.45, 2.75) is 18.5 Å². The Morgan fingerprint density at radius 1 is 1.28 bits per heavy atom. The van der Waals surface area contributed by atoms with E-state index in [1.807, 2.05) is 30.3 Å². The van der Waals surface area contributed by atoms with Gasteiger partial charge in [0, 0.05) is 6.54 Å². The molecule has 96 valence electrons. The highest BCUT2D eigenvalue weighted by atomic mass is 16.2. The number of nitrogens with two attached hydrogens (primary N) is 2. The lowest BCUT2D eigenvalue weighted by atomic mass is 9.97. The van der Waals surface area contributed by atoms with Gasteiger partial charge in [-0.15, -0.1) is 0 Å². The summed E-state index contributed by atoms with van der Waals surface area (Å²) in [6.45, 7) is 0.227. The molecule has 2 amide bonds. The second-order valence-electron chi connectivity index (χ2n) is 3.97. The zero-order valence-corrected chi connectivity index (χ0v) is 9.76. The maximum Gasteiger partial charge on any atom is 0.248 e. The summed E-state index contributed by atoms with van der Waals surface area (Å²) in [7, 11) is 0. The SMILES string of the molecule is NC(=O)C[C@@](N)(C=O)C(=O)NCc1ccccc1. The first-order chi connectivity index (χ1) is 8.48. The van der Waals surface area contributed by atoms with Crippen LogP contribution in [0.25, 0.3) is 0 Å². The van der Waals surface area contributed by atoms with Gasteiger partial charge in [-0.1, -0.05) is 30.3 Å². The molecule has 0 heterocycles. The van der Waals surface area contributed by atoms with Gasteiger partial charge in [0.25, 0.3) is 0 Å². The van der Waals surface area contributed by atoms with Gasteiger partial charge >= 0.3 is 0 Å². The van der Waals surface area contributed by atoms with Gasteiger partial charge in [0.05, 0.1) is 6.42 Å². The van der Waals surface area contributed by atoms with E-state index in [2.05, 4.69) is 5.32 Å². The van der Waals surface area contributed by atoms with E-state index in [-0.39, 0.29) is 12.8 Å². The first-order valence-corrected chi connectivity index (χ1v) is 5.33. The minimum atomic E-state index is -1.90. The number of hydrogen-bond acceptors (Lipinski definition) is 4.